The monoisotopic (exact) mass is 204 g/mol. The quantitative estimate of drug-likeness (QED) is 0.647. The van der Waals surface area contributed by atoms with E-state index in [4.69, 9.17) is 0 Å². The highest BCUT2D eigenvalue weighted by Crippen LogP contribution is 2.48. The van der Waals surface area contributed by atoms with E-state index in [9.17, 15) is 9.59 Å². The van der Waals surface area contributed by atoms with Crippen molar-refractivity contribution in [1.29, 1.82) is 0 Å². The molecule has 3 unspecified atom stereocenters. The lowest BCUT2D eigenvalue weighted by molar-refractivity contribution is -0.145. The van der Waals surface area contributed by atoms with Crippen LogP contribution in [-0.2, 0) is 9.59 Å². The van der Waals surface area contributed by atoms with E-state index in [2.05, 4.69) is 0 Å². The summed E-state index contributed by atoms with van der Waals surface area (Å²) in [6, 6.07) is 0. The molecule has 0 amide bonds. The minimum Gasteiger partial charge on any atom is -0.299 e. The second-order valence-electron chi connectivity index (χ2n) is 4.57. The molecule has 0 N–H and O–H groups in total. The van der Waals surface area contributed by atoms with Crippen molar-refractivity contribution < 1.29 is 9.59 Å². The molecule has 1 saturated carbocycles. The van der Waals surface area contributed by atoms with Gasteiger partial charge in [0.2, 0.25) is 0 Å². The van der Waals surface area contributed by atoms with Gasteiger partial charge in [0.15, 0.2) is 5.78 Å². The number of Topliss-reactive ketones (excluding diaryl/α,β-unsaturated/α-hetero) is 2. The molecule has 3 atom stereocenters. The molecule has 0 saturated heterocycles. The van der Waals surface area contributed by atoms with Crippen LogP contribution in [0.3, 0.4) is 0 Å². The first-order valence-corrected chi connectivity index (χ1v) is 5.50. The maximum absolute atomic E-state index is 11.9. The minimum atomic E-state index is -0.340. The van der Waals surface area contributed by atoms with E-state index in [-0.39, 0.29) is 29.3 Å². The highest BCUT2D eigenvalue weighted by atomic mass is 16.2. The maximum Gasteiger partial charge on any atom is 0.152 e. The van der Waals surface area contributed by atoms with Crippen molar-refractivity contribution in [3.05, 3.63) is 23.3 Å². The van der Waals surface area contributed by atoms with E-state index >= 15 is 0 Å². The molecule has 0 heterocycles. The Hall–Kier alpha value is -1.18. The summed E-state index contributed by atoms with van der Waals surface area (Å²) in [5.41, 5.74) is 2.32. The zero-order chi connectivity index (χ0) is 11.2. The van der Waals surface area contributed by atoms with Crippen LogP contribution in [0.2, 0.25) is 0 Å². The van der Waals surface area contributed by atoms with Gasteiger partial charge in [0.1, 0.15) is 5.78 Å². The predicted molar refractivity (Wildman–Crippen MR) is 58.3 cm³/mol. The van der Waals surface area contributed by atoms with Crippen LogP contribution in [0.25, 0.3) is 0 Å². The van der Waals surface area contributed by atoms with Crippen molar-refractivity contribution in [3.8, 4) is 0 Å². The average molecular weight is 204 g/mol. The lowest BCUT2D eigenvalue weighted by Gasteiger charge is -2.38. The SMILES string of the molecule is CCC(=O)C1C(=O)C2C(=C(C)C)C=CC12. The Morgan fingerprint density at radius 3 is 2.60 bits per heavy atom. The van der Waals surface area contributed by atoms with Gasteiger partial charge in [-0.1, -0.05) is 24.6 Å². The third-order valence-electron chi connectivity index (χ3n) is 3.49. The average Bonchev–Trinajstić information content (AvgIpc) is 2.57. The van der Waals surface area contributed by atoms with E-state index in [1.807, 2.05) is 32.9 Å². The van der Waals surface area contributed by atoms with Crippen molar-refractivity contribution in [1.82, 2.24) is 0 Å². The van der Waals surface area contributed by atoms with Gasteiger partial charge in [-0.15, -0.1) is 0 Å². The number of allylic oxidation sites excluding steroid dienone is 4. The normalized spacial score (nSPS) is 32.6. The molecule has 2 heteroatoms. The standard InChI is InChI=1S/C13H16O2/c1-4-10(14)12-9-6-5-8(7(2)3)11(9)13(12)15/h5-6,9,11-12H,4H2,1-3H3. The van der Waals surface area contributed by atoms with Crippen molar-refractivity contribution in [2.45, 2.75) is 27.2 Å². The third kappa shape index (κ3) is 1.31. The van der Waals surface area contributed by atoms with Crippen LogP contribution < -0.4 is 0 Å². The first-order chi connectivity index (χ1) is 7.07. The molecule has 2 aliphatic rings. The molecule has 2 rings (SSSR count). The van der Waals surface area contributed by atoms with Crippen molar-refractivity contribution in [2.75, 3.05) is 0 Å². The Labute approximate surface area is 90.1 Å². The van der Waals surface area contributed by atoms with Gasteiger partial charge in [-0.25, -0.2) is 0 Å². The third-order valence-corrected chi connectivity index (χ3v) is 3.49. The summed E-state index contributed by atoms with van der Waals surface area (Å²) in [6.07, 6.45) is 4.52. The molecule has 2 nitrogen and oxygen atoms in total. The van der Waals surface area contributed by atoms with Crippen LogP contribution >= 0.6 is 0 Å². The number of rotatable bonds is 2. The fourth-order valence-electron chi connectivity index (χ4n) is 2.62. The highest BCUT2D eigenvalue weighted by molar-refractivity contribution is 6.10. The summed E-state index contributed by atoms with van der Waals surface area (Å²) in [7, 11) is 0. The number of carbonyl (C=O) groups excluding carboxylic acids is 2. The number of hydrogen-bond donors (Lipinski definition) is 0. The van der Waals surface area contributed by atoms with Gasteiger partial charge in [0.25, 0.3) is 0 Å². The summed E-state index contributed by atoms with van der Waals surface area (Å²) in [6.45, 7) is 5.86. The Kier molecular flexibility index (Phi) is 2.37. The highest BCUT2D eigenvalue weighted by Gasteiger charge is 2.54. The summed E-state index contributed by atoms with van der Waals surface area (Å²) in [5.74, 6) is 0.0485. The predicted octanol–water partition coefficient (Wildman–Crippen LogP) is 2.30. The van der Waals surface area contributed by atoms with E-state index in [1.54, 1.807) is 0 Å². The fraction of sp³-hybridized carbons (Fsp3) is 0.538. The molecule has 0 bridgehead atoms. The summed E-state index contributed by atoms with van der Waals surface area (Å²) in [4.78, 5) is 23.4. The van der Waals surface area contributed by atoms with Crippen molar-refractivity contribution >= 4 is 11.6 Å². The first kappa shape index (κ1) is 10.3. The Morgan fingerprint density at radius 1 is 1.40 bits per heavy atom. The Balaban J connectivity index is 2.25. The van der Waals surface area contributed by atoms with Crippen LogP contribution in [0.1, 0.15) is 27.2 Å². The number of ketones is 2. The van der Waals surface area contributed by atoms with Gasteiger partial charge >= 0.3 is 0 Å². The first-order valence-electron chi connectivity index (χ1n) is 5.50. The number of fused-ring (bicyclic) bond motifs is 1. The van der Waals surface area contributed by atoms with Gasteiger partial charge in [-0.2, -0.15) is 0 Å². The summed E-state index contributed by atoms with van der Waals surface area (Å²) < 4.78 is 0. The zero-order valence-electron chi connectivity index (χ0n) is 9.41. The van der Waals surface area contributed by atoms with Gasteiger partial charge in [-0.3, -0.25) is 9.59 Å². The molecule has 0 aromatic rings. The molecule has 1 fully saturated rings. The van der Waals surface area contributed by atoms with Crippen LogP contribution in [0.5, 0.6) is 0 Å². The van der Waals surface area contributed by atoms with E-state index in [1.165, 1.54) is 5.57 Å². The molecular weight excluding hydrogens is 188 g/mol. The van der Waals surface area contributed by atoms with Gasteiger partial charge in [0, 0.05) is 12.3 Å². The van der Waals surface area contributed by atoms with Crippen molar-refractivity contribution in [3.63, 3.8) is 0 Å². The topological polar surface area (TPSA) is 34.1 Å². The molecule has 80 valence electrons. The molecule has 0 aliphatic heterocycles. The smallest absolute Gasteiger partial charge is 0.152 e. The van der Waals surface area contributed by atoms with E-state index in [0.29, 0.717) is 6.42 Å². The maximum atomic E-state index is 11.9. The molecule has 0 aromatic carbocycles. The lowest BCUT2D eigenvalue weighted by atomic mass is 9.61. The van der Waals surface area contributed by atoms with Crippen LogP contribution in [0.4, 0.5) is 0 Å². The summed E-state index contributed by atoms with van der Waals surface area (Å²) in [5, 5.41) is 0. The van der Waals surface area contributed by atoms with Gasteiger partial charge < -0.3 is 0 Å². The Morgan fingerprint density at radius 2 is 2.07 bits per heavy atom. The summed E-state index contributed by atoms with van der Waals surface area (Å²) >= 11 is 0. The zero-order valence-corrected chi connectivity index (χ0v) is 9.41. The Bertz CT molecular complexity index is 383. The molecule has 15 heavy (non-hydrogen) atoms. The van der Waals surface area contributed by atoms with E-state index in [0.717, 1.165) is 5.57 Å². The van der Waals surface area contributed by atoms with Crippen molar-refractivity contribution in [2.24, 2.45) is 17.8 Å². The minimum absolute atomic E-state index is 0.00417. The largest absolute Gasteiger partial charge is 0.299 e. The van der Waals surface area contributed by atoms with E-state index < -0.39 is 0 Å². The lowest BCUT2D eigenvalue weighted by Crippen LogP contribution is -2.49. The molecule has 0 spiro atoms. The van der Waals surface area contributed by atoms with Gasteiger partial charge in [-0.05, 0) is 19.4 Å². The van der Waals surface area contributed by atoms with Crippen LogP contribution in [0, 0.1) is 17.8 Å². The van der Waals surface area contributed by atoms with Crippen LogP contribution in [-0.4, -0.2) is 11.6 Å². The molecular formula is C13H16O2. The molecule has 0 radical (unpaired) electrons. The second-order valence-corrected chi connectivity index (χ2v) is 4.57. The van der Waals surface area contributed by atoms with Crippen LogP contribution in [0.15, 0.2) is 23.3 Å². The molecule has 0 aromatic heterocycles. The molecule has 2 aliphatic carbocycles. The fourth-order valence-corrected chi connectivity index (χ4v) is 2.62. The number of carbonyl (C=O) groups is 2. The second kappa shape index (κ2) is 3.44. The number of hydrogen-bond acceptors (Lipinski definition) is 2. The van der Waals surface area contributed by atoms with Gasteiger partial charge in [0.05, 0.1) is 11.8 Å².